The fourth-order valence-electron chi connectivity index (χ4n) is 2.54. The lowest BCUT2D eigenvalue weighted by molar-refractivity contribution is 0.0660. The van der Waals surface area contributed by atoms with Gasteiger partial charge in [0.25, 0.3) is 16.1 Å². The van der Waals surface area contributed by atoms with Gasteiger partial charge in [0.05, 0.1) is 11.1 Å². The fourth-order valence-corrected chi connectivity index (χ4v) is 3.41. The van der Waals surface area contributed by atoms with Crippen LogP contribution in [0.1, 0.15) is 33.6 Å². The highest BCUT2D eigenvalue weighted by atomic mass is 32.2. The molecule has 0 saturated carbocycles. The average molecular weight is 355 g/mol. The molecule has 0 radical (unpaired) electrons. The van der Waals surface area contributed by atoms with Crippen LogP contribution in [0, 0.1) is 0 Å². The summed E-state index contributed by atoms with van der Waals surface area (Å²) in [6, 6.07) is 5.84. The van der Waals surface area contributed by atoms with Crippen LogP contribution < -0.4 is 4.72 Å². The van der Waals surface area contributed by atoms with Crippen molar-refractivity contribution in [2.45, 2.75) is 18.9 Å². The Bertz CT molecular complexity index is 724. The van der Waals surface area contributed by atoms with Crippen LogP contribution >= 0.6 is 0 Å². The van der Waals surface area contributed by atoms with Crippen LogP contribution in [0.2, 0.25) is 0 Å². The first-order valence-electron chi connectivity index (χ1n) is 7.53. The fraction of sp³-hybridized carbons (Fsp3) is 0.467. The van der Waals surface area contributed by atoms with Crippen LogP contribution in [0.3, 0.4) is 0 Å². The molecule has 2 N–H and O–H groups in total. The number of rotatable bonds is 5. The van der Waals surface area contributed by atoms with E-state index in [0.29, 0.717) is 25.9 Å². The Labute approximate surface area is 141 Å². The van der Waals surface area contributed by atoms with E-state index in [1.54, 1.807) is 17.0 Å². The summed E-state index contributed by atoms with van der Waals surface area (Å²) in [4.78, 5) is 25.3. The summed E-state index contributed by atoms with van der Waals surface area (Å²) in [6.45, 7) is 0.737. The zero-order chi connectivity index (χ0) is 17.9. The van der Waals surface area contributed by atoms with Gasteiger partial charge < -0.3 is 10.0 Å². The molecule has 0 bridgehead atoms. The molecule has 1 fully saturated rings. The monoisotopic (exact) mass is 355 g/mol. The van der Waals surface area contributed by atoms with Crippen molar-refractivity contribution in [1.29, 1.82) is 0 Å². The summed E-state index contributed by atoms with van der Waals surface area (Å²) >= 11 is 0. The van der Waals surface area contributed by atoms with E-state index in [9.17, 15) is 23.1 Å². The van der Waals surface area contributed by atoms with Crippen molar-refractivity contribution in [3.63, 3.8) is 0 Å². The third kappa shape index (κ3) is 4.11. The van der Waals surface area contributed by atoms with Crippen molar-refractivity contribution in [2.75, 3.05) is 27.2 Å². The van der Waals surface area contributed by atoms with Crippen LogP contribution in [0.25, 0.3) is 0 Å². The standard InChI is InChI=1S/C15H21N3O5S/c1-17(2)24(22,23)16-11-7-9-18(10-8-11)14(19)12-5-3-4-6-13(12)15(20)21/h3-6,11,16H,7-10H2,1-2H3,(H,20,21). The lowest BCUT2D eigenvalue weighted by atomic mass is 10.0. The molecular formula is C15H21N3O5S. The molecule has 0 aromatic heterocycles. The van der Waals surface area contributed by atoms with E-state index in [4.69, 9.17) is 0 Å². The van der Waals surface area contributed by atoms with Crippen molar-refractivity contribution in [3.8, 4) is 0 Å². The highest BCUT2D eigenvalue weighted by Gasteiger charge is 2.28. The van der Waals surface area contributed by atoms with E-state index in [2.05, 4.69) is 4.72 Å². The first kappa shape index (κ1) is 18.4. The molecule has 8 nitrogen and oxygen atoms in total. The largest absolute Gasteiger partial charge is 0.478 e. The Morgan fingerprint density at radius 1 is 1.17 bits per heavy atom. The Balaban J connectivity index is 2.03. The van der Waals surface area contributed by atoms with Crippen molar-refractivity contribution in [2.24, 2.45) is 0 Å². The number of likely N-dealkylation sites (tertiary alicyclic amines) is 1. The highest BCUT2D eigenvalue weighted by molar-refractivity contribution is 7.87. The van der Waals surface area contributed by atoms with Gasteiger partial charge in [-0.25, -0.2) is 4.79 Å². The van der Waals surface area contributed by atoms with Crippen molar-refractivity contribution in [1.82, 2.24) is 13.9 Å². The second-order valence-corrected chi connectivity index (χ2v) is 7.74. The minimum absolute atomic E-state index is 0.0297. The van der Waals surface area contributed by atoms with Gasteiger partial charge in [-0.3, -0.25) is 4.79 Å². The summed E-state index contributed by atoms with van der Waals surface area (Å²) in [5.74, 6) is -1.49. The van der Waals surface area contributed by atoms with Gasteiger partial charge in [-0.05, 0) is 25.0 Å². The molecule has 9 heteroatoms. The van der Waals surface area contributed by atoms with Crippen molar-refractivity contribution in [3.05, 3.63) is 35.4 Å². The summed E-state index contributed by atoms with van der Waals surface area (Å²) in [6.07, 6.45) is 0.960. The van der Waals surface area contributed by atoms with Gasteiger partial charge in [0.15, 0.2) is 0 Å². The second kappa shape index (κ2) is 7.29. The molecule has 1 aromatic carbocycles. The van der Waals surface area contributed by atoms with E-state index in [1.165, 1.54) is 26.2 Å². The molecule has 0 spiro atoms. The molecular weight excluding hydrogens is 334 g/mol. The molecule has 1 aliphatic heterocycles. The van der Waals surface area contributed by atoms with Gasteiger partial charge in [-0.15, -0.1) is 0 Å². The van der Waals surface area contributed by atoms with Gasteiger partial charge in [0.2, 0.25) is 0 Å². The Kier molecular flexibility index (Phi) is 5.58. The average Bonchev–Trinajstić information content (AvgIpc) is 2.54. The Morgan fingerprint density at radius 2 is 1.71 bits per heavy atom. The number of aromatic carboxylic acids is 1. The number of nitrogens with one attached hydrogen (secondary N) is 1. The quantitative estimate of drug-likeness (QED) is 0.794. The van der Waals surface area contributed by atoms with Gasteiger partial charge >= 0.3 is 5.97 Å². The highest BCUT2D eigenvalue weighted by Crippen LogP contribution is 2.17. The topological polar surface area (TPSA) is 107 Å². The maximum absolute atomic E-state index is 12.5. The predicted octanol–water partition coefficient (Wildman–Crippen LogP) is 0.385. The van der Waals surface area contributed by atoms with Gasteiger partial charge in [0.1, 0.15) is 0 Å². The molecule has 0 atom stereocenters. The van der Waals surface area contributed by atoms with Crippen LogP contribution in [0.5, 0.6) is 0 Å². The van der Waals surface area contributed by atoms with Gasteiger partial charge in [-0.1, -0.05) is 12.1 Å². The van der Waals surface area contributed by atoms with E-state index in [-0.39, 0.29) is 23.1 Å². The lowest BCUT2D eigenvalue weighted by Gasteiger charge is -2.33. The molecule has 0 aliphatic carbocycles. The molecule has 1 aromatic rings. The number of carboxylic acids is 1. The van der Waals surface area contributed by atoms with E-state index < -0.39 is 16.2 Å². The first-order valence-corrected chi connectivity index (χ1v) is 8.97. The number of carbonyl (C=O) groups excluding carboxylic acids is 1. The molecule has 1 amide bonds. The Hall–Kier alpha value is -1.97. The second-order valence-electron chi connectivity index (χ2n) is 5.82. The minimum Gasteiger partial charge on any atom is -0.478 e. The zero-order valence-electron chi connectivity index (χ0n) is 13.6. The predicted molar refractivity (Wildman–Crippen MR) is 88.1 cm³/mol. The molecule has 132 valence electrons. The summed E-state index contributed by atoms with van der Waals surface area (Å²) in [7, 11) is -0.607. The molecule has 1 heterocycles. The van der Waals surface area contributed by atoms with Crippen LogP contribution in [-0.4, -0.2) is 67.8 Å². The molecule has 0 unspecified atom stereocenters. The lowest BCUT2D eigenvalue weighted by Crippen LogP contribution is -2.49. The number of carboxylic acid groups (broad SMARTS) is 1. The third-order valence-electron chi connectivity index (χ3n) is 3.97. The van der Waals surface area contributed by atoms with Crippen molar-refractivity contribution >= 4 is 22.1 Å². The number of piperidine rings is 1. The van der Waals surface area contributed by atoms with Crippen LogP contribution in [-0.2, 0) is 10.2 Å². The molecule has 1 aliphatic rings. The Morgan fingerprint density at radius 3 is 2.21 bits per heavy atom. The van der Waals surface area contributed by atoms with E-state index in [1.807, 2.05) is 0 Å². The van der Waals surface area contributed by atoms with Crippen LogP contribution in [0.15, 0.2) is 24.3 Å². The van der Waals surface area contributed by atoms with E-state index in [0.717, 1.165) is 4.31 Å². The number of hydrogen-bond donors (Lipinski definition) is 2. The SMILES string of the molecule is CN(C)S(=O)(=O)NC1CCN(C(=O)c2ccccc2C(=O)O)CC1. The van der Waals surface area contributed by atoms with Crippen LogP contribution in [0.4, 0.5) is 0 Å². The molecule has 1 saturated heterocycles. The maximum atomic E-state index is 12.5. The number of carbonyl (C=O) groups is 2. The summed E-state index contributed by atoms with van der Waals surface area (Å²) < 4.78 is 27.3. The van der Waals surface area contributed by atoms with Gasteiger partial charge in [0, 0.05) is 33.2 Å². The third-order valence-corrected chi connectivity index (χ3v) is 5.56. The number of nitrogens with zero attached hydrogens (tertiary/aromatic N) is 2. The first-order chi connectivity index (χ1) is 11.2. The summed E-state index contributed by atoms with van der Waals surface area (Å²) in [5, 5.41) is 9.18. The summed E-state index contributed by atoms with van der Waals surface area (Å²) in [5.41, 5.74) is 0.121. The molecule has 2 rings (SSSR count). The normalized spacial score (nSPS) is 16.4. The zero-order valence-corrected chi connectivity index (χ0v) is 14.4. The molecule has 24 heavy (non-hydrogen) atoms. The number of amides is 1. The number of hydrogen-bond acceptors (Lipinski definition) is 4. The van der Waals surface area contributed by atoms with Crippen molar-refractivity contribution < 1.29 is 23.1 Å². The maximum Gasteiger partial charge on any atom is 0.336 e. The van der Waals surface area contributed by atoms with E-state index >= 15 is 0 Å². The number of benzene rings is 1. The smallest absolute Gasteiger partial charge is 0.336 e. The van der Waals surface area contributed by atoms with Gasteiger partial charge in [-0.2, -0.15) is 17.4 Å². The minimum atomic E-state index is -3.50.